The number of hydrogen-bond donors (Lipinski definition) is 2. The highest BCUT2D eigenvalue weighted by molar-refractivity contribution is 5.79. The lowest BCUT2D eigenvalue weighted by Crippen LogP contribution is -2.30. The second-order valence-electron chi connectivity index (χ2n) is 6.13. The van der Waals surface area contributed by atoms with E-state index in [1.165, 1.54) is 12.8 Å². The highest BCUT2D eigenvalue weighted by Gasteiger charge is 2.13. The Balaban J connectivity index is 1.44. The summed E-state index contributed by atoms with van der Waals surface area (Å²) in [4.78, 5) is 7.98. The quantitative estimate of drug-likeness (QED) is 0.774. The number of benzene rings is 2. The number of nitrogens with one attached hydrogen (secondary N) is 2. The first kappa shape index (κ1) is 14.3. The van der Waals surface area contributed by atoms with Crippen LogP contribution in [0.3, 0.4) is 0 Å². The van der Waals surface area contributed by atoms with Gasteiger partial charge < -0.3 is 15.0 Å². The Morgan fingerprint density at radius 1 is 1.00 bits per heavy atom. The summed E-state index contributed by atoms with van der Waals surface area (Å²) in [6.07, 6.45) is 2.41. The lowest BCUT2D eigenvalue weighted by molar-refractivity contribution is 0.215. The van der Waals surface area contributed by atoms with Gasteiger partial charge in [-0.2, -0.15) is 0 Å². The molecular weight excluding hydrogens is 286 g/mol. The van der Waals surface area contributed by atoms with Gasteiger partial charge in [0.2, 0.25) is 0 Å². The molecule has 1 aromatic heterocycles. The molecule has 2 aromatic carbocycles. The zero-order valence-electron chi connectivity index (χ0n) is 13.1. The molecule has 4 rings (SSSR count). The average Bonchev–Trinajstić information content (AvgIpc) is 3.05. The summed E-state index contributed by atoms with van der Waals surface area (Å²) >= 11 is 0. The molecule has 1 fully saturated rings. The Bertz CT molecular complexity index is 740. The fraction of sp³-hybridized carbons (Fsp3) is 0.316. The van der Waals surface area contributed by atoms with Crippen LogP contribution in [0.5, 0.6) is 5.75 Å². The molecule has 4 heteroatoms. The number of piperidine rings is 1. The van der Waals surface area contributed by atoms with E-state index in [9.17, 15) is 0 Å². The zero-order chi connectivity index (χ0) is 15.5. The summed E-state index contributed by atoms with van der Waals surface area (Å²) < 4.78 is 5.94. The first-order valence-electron chi connectivity index (χ1n) is 8.27. The average molecular weight is 307 g/mol. The third-order valence-electron chi connectivity index (χ3n) is 4.46. The van der Waals surface area contributed by atoms with Gasteiger partial charge in [0.25, 0.3) is 0 Å². The van der Waals surface area contributed by atoms with E-state index < -0.39 is 0 Å². The van der Waals surface area contributed by atoms with Gasteiger partial charge in [0.05, 0.1) is 17.6 Å². The van der Waals surface area contributed by atoms with Gasteiger partial charge in [-0.15, -0.1) is 0 Å². The predicted octanol–water partition coefficient (Wildman–Crippen LogP) is 3.61. The van der Waals surface area contributed by atoms with Crippen LogP contribution in [-0.2, 0) is 0 Å². The molecule has 0 atom stereocenters. The molecule has 0 aliphatic carbocycles. The van der Waals surface area contributed by atoms with E-state index in [0.717, 1.165) is 47.9 Å². The third-order valence-corrected chi connectivity index (χ3v) is 4.46. The van der Waals surface area contributed by atoms with Crippen LogP contribution in [0, 0.1) is 5.92 Å². The molecule has 0 radical (unpaired) electrons. The number of hydrogen-bond acceptors (Lipinski definition) is 3. The summed E-state index contributed by atoms with van der Waals surface area (Å²) in [6.45, 7) is 3.03. The normalized spacial score (nSPS) is 15.8. The summed E-state index contributed by atoms with van der Waals surface area (Å²) in [7, 11) is 0. The summed E-state index contributed by atoms with van der Waals surface area (Å²) in [5.41, 5.74) is 3.14. The molecule has 0 unspecified atom stereocenters. The zero-order valence-corrected chi connectivity index (χ0v) is 13.1. The van der Waals surface area contributed by atoms with Crippen LogP contribution in [0.2, 0.25) is 0 Å². The number of aromatic amines is 1. The summed E-state index contributed by atoms with van der Waals surface area (Å²) in [6, 6.07) is 16.3. The van der Waals surface area contributed by atoms with Gasteiger partial charge in [-0.25, -0.2) is 4.98 Å². The molecule has 23 heavy (non-hydrogen) atoms. The highest BCUT2D eigenvalue weighted by Crippen LogP contribution is 2.23. The molecule has 0 spiro atoms. The van der Waals surface area contributed by atoms with Crippen LogP contribution in [-0.4, -0.2) is 29.7 Å². The van der Waals surface area contributed by atoms with Crippen molar-refractivity contribution in [3.8, 4) is 17.1 Å². The van der Waals surface area contributed by atoms with Crippen molar-refractivity contribution in [1.29, 1.82) is 0 Å². The first-order chi connectivity index (χ1) is 11.4. The van der Waals surface area contributed by atoms with E-state index in [0.29, 0.717) is 5.92 Å². The second kappa shape index (κ2) is 6.42. The van der Waals surface area contributed by atoms with Crippen molar-refractivity contribution in [2.45, 2.75) is 12.8 Å². The maximum atomic E-state index is 5.94. The van der Waals surface area contributed by atoms with E-state index in [-0.39, 0.29) is 0 Å². The largest absolute Gasteiger partial charge is 0.493 e. The van der Waals surface area contributed by atoms with Gasteiger partial charge in [-0.1, -0.05) is 12.1 Å². The van der Waals surface area contributed by atoms with Gasteiger partial charge in [0.15, 0.2) is 0 Å². The van der Waals surface area contributed by atoms with Crippen LogP contribution in [0.4, 0.5) is 0 Å². The molecule has 0 bridgehead atoms. The van der Waals surface area contributed by atoms with Crippen LogP contribution in [0.25, 0.3) is 22.4 Å². The predicted molar refractivity (Wildman–Crippen MR) is 92.6 cm³/mol. The minimum atomic E-state index is 0.672. The van der Waals surface area contributed by atoms with Crippen LogP contribution in [0.15, 0.2) is 48.5 Å². The SMILES string of the molecule is c1ccc2[nH]c(-c3ccc(OCC4CCNCC4)cc3)nc2c1. The topological polar surface area (TPSA) is 49.9 Å². The number of imidazole rings is 1. The highest BCUT2D eigenvalue weighted by atomic mass is 16.5. The molecule has 2 heterocycles. The van der Waals surface area contributed by atoms with Crippen LogP contribution < -0.4 is 10.1 Å². The van der Waals surface area contributed by atoms with Gasteiger partial charge in [0.1, 0.15) is 11.6 Å². The number of aromatic nitrogens is 2. The van der Waals surface area contributed by atoms with Crippen molar-refractivity contribution < 1.29 is 4.74 Å². The minimum absolute atomic E-state index is 0.672. The lowest BCUT2D eigenvalue weighted by atomic mass is 9.99. The number of ether oxygens (including phenoxy) is 1. The van der Waals surface area contributed by atoms with Crippen molar-refractivity contribution >= 4 is 11.0 Å². The van der Waals surface area contributed by atoms with Crippen molar-refractivity contribution in [2.75, 3.05) is 19.7 Å². The first-order valence-corrected chi connectivity index (χ1v) is 8.27. The van der Waals surface area contributed by atoms with E-state index in [2.05, 4.69) is 27.4 Å². The lowest BCUT2D eigenvalue weighted by Gasteiger charge is -2.22. The van der Waals surface area contributed by atoms with Crippen molar-refractivity contribution in [2.24, 2.45) is 5.92 Å². The number of para-hydroxylation sites is 2. The number of nitrogens with zero attached hydrogens (tertiary/aromatic N) is 1. The van der Waals surface area contributed by atoms with E-state index >= 15 is 0 Å². The minimum Gasteiger partial charge on any atom is -0.493 e. The molecule has 1 aliphatic rings. The van der Waals surface area contributed by atoms with Crippen molar-refractivity contribution in [3.05, 3.63) is 48.5 Å². The van der Waals surface area contributed by atoms with Crippen LogP contribution >= 0.6 is 0 Å². The van der Waals surface area contributed by atoms with Crippen molar-refractivity contribution in [1.82, 2.24) is 15.3 Å². The number of H-pyrrole nitrogens is 1. The Morgan fingerprint density at radius 2 is 1.78 bits per heavy atom. The summed E-state index contributed by atoms with van der Waals surface area (Å²) in [5, 5.41) is 3.38. The molecule has 0 amide bonds. The molecule has 2 N–H and O–H groups in total. The Labute approximate surface area is 135 Å². The maximum Gasteiger partial charge on any atom is 0.138 e. The Hall–Kier alpha value is -2.33. The summed E-state index contributed by atoms with van der Waals surface area (Å²) in [5.74, 6) is 2.51. The molecule has 1 aliphatic heterocycles. The fourth-order valence-corrected chi connectivity index (χ4v) is 3.06. The van der Waals surface area contributed by atoms with Gasteiger partial charge in [0, 0.05) is 5.56 Å². The van der Waals surface area contributed by atoms with Gasteiger partial charge >= 0.3 is 0 Å². The van der Waals surface area contributed by atoms with Gasteiger partial charge in [-0.3, -0.25) is 0 Å². The smallest absolute Gasteiger partial charge is 0.138 e. The monoisotopic (exact) mass is 307 g/mol. The van der Waals surface area contributed by atoms with Gasteiger partial charge in [-0.05, 0) is 68.2 Å². The standard InChI is InChI=1S/C19H21N3O/c1-2-4-18-17(3-1)21-19(22-18)15-5-7-16(8-6-15)23-13-14-9-11-20-12-10-14/h1-8,14,20H,9-13H2,(H,21,22). The van der Waals surface area contributed by atoms with E-state index in [1.54, 1.807) is 0 Å². The molecule has 4 nitrogen and oxygen atoms in total. The molecule has 1 saturated heterocycles. The molecule has 3 aromatic rings. The number of fused-ring (bicyclic) bond motifs is 1. The van der Waals surface area contributed by atoms with E-state index in [4.69, 9.17) is 4.74 Å². The van der Waals surface area contributed by atoms with Crippen LogP contribution in [0.1, 0.15) is 12.8 Å². The Kier molecular flexibility index (Phi) is 3.99. The van der Waals surface area contributed by atoms with Crippen molar-refractivity contribution in [3.63, 3.8) is 0 Å². The van der Waals surface area contributed by atoms with E-state index in [1.807, 2.05) is 36.4 Å². The molecule has 118 valence electrons. The molecular formula is C19H21N3O. The molecule has 0 saturated carbocycles. The second-order valence-corrected chi connectivity index (χ2v) is 6.13. The Morgan fingerprint density at radius 3 is 2.57 bits per heavy atom. The maximum absolute atomic E-state index is 5.94. The number of rotatable bonds is 4. The third kappa shape index (κ3) is 3.22. The fourth-order valence-electron chi connectivity index (χ4n) is 3.06.